The van der Waals surface area contributed by atoms with E-state index in [2.05, 4.69) is 32.6 Å². The lowest BCUT2D eigenvalue weighted by atomic mass is 10.0. The maximum Gasteiger partial charge on any atom is 0.160 e. The Hall–Kier alpha value is -4.18. The molecule has 0 radical (unpaired) electrons. The van der Waals surface area contributed by atoms with Gasteiger partial charge >= 0.3 is 0 Å². The van der Waals surface area contributed by atoms with E-state index in [-0.39, 0.29) is 17.3 Å². The molecule has 4 N–H and O–H groups in total. The molecule has 0 amide bonds. The standard InChI is InChI=1S/C30H27Cl2F2N7O2/c1-42-10-11-43-9-8-41-17-27(39-40-41)29(18-2-4-20(31)5-3-18)38-22-12-23-28(37-21-6-7-25(33)26(34)14-21)19(15-35)16-36-30(23)24(32)13-22/h2-7,12-14,16-17,29,38-40H,8-11H2,1H3,(H,36,37)/t29-/m0/s1. The van der Waals surface area contributed by atoms with Crippen LogP contribution in [0.2, 0.25) is 10.0 Å². The first kappa shape index (κ1) is 30.3. The lowest BCUT2D eigenvalue weighted by Crippen LogP contribution is -2.39. The first-order valence-electron chi connectivity index (χ1n) is 13.2. The molecular weight excluding hydrogens is 599 g/mol. The van der Waals surface area contributed by atoms with Crippen LogP contribution in [0.15, 0.2) is 72.7 Å². The Kier molecular flexibility index (Phi) is 9.76. The number of ether oxygens (including phenoxy) is 2. The van der Waals surface area contributed by atoms with Crippen molar-refractivity contribution in [2.24, 2.45) is 0 Å². The Balaban J connectivity index is 1.49. The molecule has 1 aliphatic heterocycles. The van der Waals surface area contributed by atoms with Crippen molar-refractivity contribution in [3.63, 3.8) is 0 Å². The van der Waals surface area contributed by atoms with Crippen LogP contribution in [-0.2, 0) is 9.47 Å². The number of nitrogens with zero attached hydrogens (tertiary/aromatic N) is 3. The normalized spacial score (nSPS) is 13.4. The number of nitriles is 1. The van der Waals surface area contributed by atoms with Gasteiger partial charge in [-0.15, -0.1) is 5.53 Å². The fraction of sp³-hybridized carbons (Fsp3) is 0.200. The van der Waals surface area contributed by atoms with Crippen LogP contribution in [0.3, 0.4) is 0 Å². The van der Waals surface area contributed by atoms with Crippen LogP contribution in [0.4, 0.5) is 25.8 Å². The minimum absolute atomic E-state index is 0.201. The second-order valence-corrected chi connectivity index (χ2v) is 10.4. The number of benzene rings is 3. The summed E-state index contributed by atoms with van der Waals surface area (Å²) in [4.78, 5) is 4.38. The zero-order valence-electron chi connectivity index (χ0n) is 22.9. The van der Waals surface area contributed by atoms with Gasteiger partial charge in [0.2, 0.25) is 0 Å². The summed E-state index contributed by atoms with van der Waals surface area (Å²) in [6.45, 7) is 2.09. The Bertz CT molecular complexity index is 1680. The summed E-state index contributed by atoms with van der Waals surface area (Å²) < 4.78 is 38.1. The average molecular weight is 626 g/mol. The van der Waals surface area contributed by atoms with E-state index in [0.717, 1.165) is 23.4 Å². The van der Waals surface area contributed by atoms with Crippen LogP contribution in [-0.4, -0.2) is 43.5 Å². The number of halogens is 4. The number of fused-ring (bicyclic) bond motifs is 1. The van der Waals surface area contributed by atoms with Crippen LogP contribution >= 0.6 is 23.2 Å². The Morgan fingerprint density at radius 1 is 1.02 bits per heavy atom. The zero-order valence-corrected chi connectivity index (χ0v) is 24.4. The maximum atomic E-state index is 14.0. The third kappa shape index (κ3) is 7.25. The molecule has 3 aromatic carbocycles. The highest BCUT2D eigenvalue weighted by Gasteiger charge is 2.23. The lowest BCUT2D eigenvalue weighted by Gasteiger charge is -2.22. The third-order valence-electron chi connectivity index (χ3n) is 6.61. The molecule has 43 heavy (non-hydrogen) atoms. The van der Waals surface area contributed by atoms with Gasteiger partial charge in [0, 0.05) is 47.4 Å². The van der Waals surface area contributed by atoms with Crippen molar-refractivity contribution < 1.29 is 18.3 Å². The monoisotopic (exact) mass is 625 g/mol. The van der Waals surface area contributed by atoms with Crippen molar-refractivity contribution >= 4 is 51.2 Å². The molecule has 0 bridgehead atoms. The first-order valence-corrected chi connectivity index (χ1v) is 13.9. The molecule has 0 saturated carbocycles. The Labute approximate surface area is 256 Å². The number of rotatable bonds is 12. The molecule has 9 nitrogen and oxygen atoms in total. The molecule has 0 aliphatic carbocycles. The highest BCUT2D eigenvalue weighted by Crippen LogP contribution is 2.37. The second-order valence-electron chi connectivity index (χ2n) is 9.52. The minimum Gasteiger partial charge on any atom is -0.382 e. The van der Waals surface area contributed by atoms with Gasteiger partial charge < -0.3 is 25.5 Å². The van der Waals surface area contributed by atoms with Gasteiger partial charge in [0.15, 0.2) is 11.6 Å². The summed E-state index contributed by atoms with van der Waals surface area (Å²) in [5.41, 5.74) is 9.90. The van der Waals surface area contributed by atoms with Crippen LogP contribution < -0.4 is 21.6 Å². The molecule has 4 aromatic rings. The van der Waals surface area contributed by atoms with E-state index in [1.54, 1.807) is 31.4 Å². The molecule has 5 rings (SSSR count). The van der Waals surface area contributed by atoms with Gasteiger partial charge in [0.25, 0.3) is 0 Å². The largest absolute Gasteiger partial charge is 0.382 e. The Morgan fingerprint density at radius 3 is 2.58 bits per heavy atom. The molecule has 222 valence electrons. The van der Waals surface area contributed by atoms with Crippen molar-refractivity contribution in [3.05, 3.63) is 105 Å². The fourth-order valence-electron chi connectivity index (χ4n) is 4.49. The van der Waals surface area contributed by atoms with Gasteiger partial charge in [-0.05, 0) is 42.0 Å². The van der Waals surface area contributed by atoms with E-state index < -0.39 is 11.6 Å². The van der Waals surface area contributed by atoms with Gasteiger partial charge in [-0.1, -0.05) is 35.3 Å². The molecule has 1 atom stereocenters. The van der Waals surface area contributed by atoms with Gasteiger partial charge in [-0.2, -0.15) is 5.26 Å². The number of nitrogens with one attached hydrogen (secondary N) is 4. The number of hydrazine groups is 2. The van der Waals surface area contributed by atoms with Gasteiger partial charge in [-0.3, -0.25) is 9.99 Å². The maximum absolute atomic E-state index is 14.0. The molecule has 0 spiro atoms. The van der Waals surface area contributed by atoms with Crippen molar-refractivity contribution in [1.82, 2.24) is 21.0 Å². The number of hydrogen-bond donors (Lipinski definition) is 4. The summed E-state index contributed by atoms with van der Waals surface area (Å²) in [6, 6.07) is 16.1. The summed E-state index contributed by atoms with van der Waals surface area (Å²) in [5, 5.41) is 19.7. The highest BCUT2D eigenvalue weighted by molar-refractivity contribution is 6.36. The summed E-state index contributed by atoms with van der Waals surface area (Å²) in [7, 11) is 1.62. The molecule has 2 heterocycles. The number of aromatic nitrogens is 1. The average Bonchev–Trinajstić information content (AvgIpc) is 3.47. The predicted molar refractivity (Wildman–Crippen MR) is 163 cm³/mol. The van der Waals surface area contributed by atoms with Crippen molar-refractivity contribution in [1.29, 1.82) is 5.26 Å². The lowest BCUT2D eigenvalue weighted by molar-refractivity contribution is 0.0574. The van der Waals surface area contributed by atoms with Gasteiger partial charge in [0.1, 0.15) is 6.07 Å². The number of hydrogen-bond acceptors (Lipinski definition) is 9. The van der Waals surface area contributed by atoms with E-state index in [1.807, 2.05) is 23.3 Å². The first-order chi connectivity index (χ1) is 20.9. The number of anilines is 3. The number of methoxy groups -OCH3 is 1. The van der Waals surface area contributed by atoms with Crippen LogP contribution in [0.1, 0.15) is 17.2 Å². The fourth-order valence-corrected chi connectivity index (χ4v) is 4.88. The molecular formula is C30H27Cl2F2N7O2. The van der Waals surface area contributed by atoms with E-state index >= 15 is 0 Å². The van der Waals surface area contributed by atoms with Crippen molar-refractivity contribution in [2.45, 2.75) is 6.04 Å². The second kappa shape index (κ2) is 13.9. The molecule has 1 aromatic heterocycles. The third-order valence-corrected chi connectivity index (χ3v) is 7.15. The van der Waals surface area contributed by atoms with E-state index in [1.165, 1.54) is 12.3 Å². The molecule has 0 unspecified atom stereocenters. The molecule has 0 saturated heterocycles. The smallest absolute Gasteiger partial charge is 0.160 e. The quantitative estimate of drug-likeness (QED) is 0.133. The highest BCUT2D eigenvalue weighted by atomic mass is 35.5. The predicted octanol–water partition coefficient (Wildman–Crippen LogP) is 6.42. The van der Waals surface area contributed by atoms with Gasteiger partial charge in [-0.25, -0.2) is 8.78 Å². The molecule has 0 fully saturated rings. The summed E-state index contributed by atoms with van der Waals surface area (Å²) in [6.07, 6.45) is 3.31. The van der Waals surface area contributed by atoms with Crippen molar-refractivity contribution in [2.75, 3.05) is 44.1 Å². The SMILES string of the molecule is COCCOCCN1C=C([C@@H](Nc2cc(Cl)c3ncc(C#N)c(Nc4ccc(F)c(F)c4)c3c2)c2ccc(Cl)cc2)NN1. The van der Waals surface area contributed by atoms with Crippen LogP contribution in [0.5, 0.6) is 0 Å². The molecule has 1 aliphatic rings. The topological polar surface area (TPSA) is 106 Å². The van der Waals surface area contributed by atoms with E-state index in [0.29, 0.717) is 58.7 Å². The Morgan fingerprint density at radius 2 is 1.84 bits per heavy atom. The van der Waals surface area contributed by atoms with Gasteiger partial charge in [0.05, 0.1) is 59.9 Å². The van der Waals surface area contributed by atoms with E-state index in [9.17, 15) is 14.0 Å². The van der Waals surface area contributed by atoms with Crippen LogP contribution in [0.25, 0.3) is 10.9 Å². The van der Waals surface area contributed by atoms with Crippen LogP contribution in [0, 0.1) is 23.0 Å². The zero-order chi connectivity index (χ0) is 30.3. The van der Waals surface area contributed by atoms with E-state index in [4.69, 9.17) is 32.7 Å². The van der Waals surface area contributed by atoms with Crippen molar-refractivity contribution in [3.8, 4) is 6.07 Å². The summed E-state index contributed by atoms with van der Waals surface area (Å²) in [5.74, 6) is -2.00. The summed E-state index contributed by atoms with van der Waals surface area (Å²) >= 11 is 12.9. The number of pyridine rings is 1. The minimum atomic E-state index is -1.02. The molecule has 13 heteroatoms.